The van der Waals surface area contributed by atoms with Gasteiger partial charge in [-0.3, -0.25) is 4.79 Å². The van der Waals surface area contributed by atoms with Gasteiger partial charge in [0.2, 0.25) is 5.91 Å². The summed E-state index contributed by atoms with van der Waals surface area (Å²) in [7, 11) is 2.01. The predicted octanol–water partition coefficient (Wildman–Crippen LogP) is 1.20. The molecule has 1 atom stereocenters. The van der Waals surface area contributed by atoms with E-state index in [0.717, 1.165) is 11.3 Å². The molecule has 1 N–H and O–H groups in total. The molecule has 9 heteroatoms. The van der Waals surface area contributed by atoms with Crippen LogP contribution in [0.3, 0.4) is 0 Å². The van der Waals surface area contributed by atoms with Crippen LogP contribution in [0.4, 0.5) is 5.69 Å². The zero-order chi connectivity index (χ0) is 20.3. The molecule has 0 spiro atoms. The Bertz CT molecular complexity index is 921. The predicted molar refractivity (Wildman–Crippen MR) is 107 cm³/mol. The number of carbonyl (C=O) groups excluding carboxylic acids is 1. The van der Waals surface area contributed by atoms with Crippen molar-refractivity contribution in [3.63, 3.8) is 0 Å². The number of nitrogens with one attached hydrogen (secondary N) is 1. The zero-order valence-corrected chi connectivity index (χ0v) is 17.3. The standard InChI is InChI=1S/C19H27N5O3S/c1-22(2)17-8-6-15(7-9-17)11-20-19(25)16-5-4-10-24(12-16)28(26,27)18-13-23(3)14-21-18/h6-9,13-14,16H,4-5,10-12H2,1-3H3,(H,20,25). The number of benzene rings is 1. The number of piperidine rings is 1. The molecule has 1 aliphatic rings. The quantitative estimate of drug-likeness (QED) is 0.780. The molecular weight excluding hydrogens is 378 g/mol. The summed E-state index contributed by atoms with van der Waals surface area (Å²) in [4.78, 5) is 18.6. The topological polar surface area (TPSA) is 87.5 Å². The average molecular weight is 406 g/mol. The van der Waals surface area contributed by atoms with E-state index in [9.17, 15) is 13.2 Å². The fourth-order valence-corrected chi connectivity index (χ4v) is 4.76. The van der Waals surface area contributed by atoms with Crippen molar-refractivity contribution in [2.75, 3.05) is 32.1 Å². The van der Waals surface area contributed by atoms with Crippen LogP contribution in [0.15, 0.2) is 41.8 Å². The molecule has 1 amide bonds. The smallest absolute Gasteiger partial charge is 0.262 e. The number of hydrogen-bond acceptors (Lipinski definition) is 5. The van der Waals surface area contributed by atoms with E-state index in [1.807, 2.05) is 43.3 Å². The first kappa shape index (κ1) is 20.3. The van der Waals surface area contributed by atoms with E-state index in [1.165, 1.54) is 16.8 Å². The van der Waals surface area contributed by atoms with Gasteiger partial charge in [0.1, 0.15) is 0 Å². The Balaban J connectivity index is 1.59. The van der Waals surface area contributed by atoms with Crippen molar-refractivity contribution in [2.24, 2.45) is 13.0 Å². The van der Waals surface area contributed by atoms with Crippen LogP contribution in [0.5, 0.6) is 0 Å². The van der Waals surface area contributed by atoms with E-state index in [1.54, 1.807) is 11.6 Å². The molecular formula is C19H27N5O3S. The summed E-state index contributed by atoms with van der Waals surface area (Å²) in [6.07, 6.45) is 4.28. The minimum Gasteiger partial charge on any atom is -0.378 e. The van der Waals surface area contributed by atoms with Crippen LogP contribution < -0.4 is 10.2 Å². The Kier molecular flexibility index (Phi) is 6.04. The second-order valence-electron chi connectivity index (χ2n) is 7.36. The van der Waals surface area contributed by atoms with Gasteiger partial charge in [-0.05, 0) is 30.5 Å². The van der Waals surface area contributed by atoms with Crippen LogP contribution >= 0.6 is 0 Å². The van der Waals surface area contributed by atoms with Crippen LogP contribution in [0.25, 0.3) is 0 Å². The number of sulfonamides is 1. The molecule has 1 fully saturated rings. The fraction of sp³-hybridized carbons (Fsp3) is 0.474. The number of aryl methyl sites for hydroxylation is 1. The SMILES string of the molecule is CN(C)c1ccc(CNC(=O)C2CCCN(S(=O)(=O)c3cn(C)cn3)C2)cc1. The lowest BCUT2D eigenvalue weighted by Gasteiger charge is -2.30. The van der Waals surface area contributed by atoms with Gasteiger partial charge in [-0.25, -0.2) is 13.4 Å². The summed E-state index contributed by atoms with van der Waals surface area (Å²) in [6, 6.07) is 7.97. The maximum absolute atomic E-state index is 12.7. The minimum atomic E-state index is -3.67. The third-order valence-corrected chi connectivity index (χ3v) is 6.71. The third-order valence-electron chi connectivity index (χ3n) is 4.96. The van der Waals surface area contributed by atoms with Gasteiger partial charge in [-0.15, -0.1) is 0 Å². The number of hydrogen-bond donors (Lipinski definition) is 1. The van der Waals surface area contributed by atoms with Crippen molar-refractivity contribution < 1.29 is 13.2 Å². The Morgan fingerprint density at radius 2 is 2.00 bits per heavy atom. The summed E-state index contributed by atoms with van der Waals surface area (Å²) in [5.41, 5.74) is 2.10. The summed E-state index contributed by atoms with van der Waals surface area (Å²) >= 11 is 0. The molecule has 28 heavy (non-hydrogen) atoms. The second-order valence-corrected chi connectivity index (χ2v) is 9.24. The Morgan fingerprint density at radius 3 is 2.61 bits per heavy atom. The number of carbonyl (C=O) groups is 1. The number of amides is 1. The lowest BCUT2D eigenvalue weighted by atomic mass is 9.99. The van der Waals surface area contributed by atoms with E-state index < -0.39 is 10.0 Å². The maximum atomic E-state index is 12.7. The van der Waals surface area contributed by atoms with Crippen molar-refractivity contribution in [2.45, 2.75) is 24.4 Å². The minimum absolute atomic E-state index is 0.0250. The lowest BCUT2D eigenvalue weighted by molar-refractivity contribution is -0.126. The molecule has 2 heterocycles. The molecule has 1 aromatic heterocycles. The Hall–Kier alpha value is -2.39. The molecule has 1 unspecified atom stereocenters. The van der Waals surface area contributed by atoms with Crippen LogP contribution in [0.2, 0.25) is 0 Å². The van der Waals surface area contributed by atoms with E-state index in [0.29, 0.717) is 25.9 Å². The first-order chi connectivity index (χ1) is 13.3. The highest BCUT2D eigenvalue weighted by Gasteiger charge is 2.34. The molecule has 2 aromatic rings. The van der Waals surface area contributed by atoms with Gasteiger partial charge < -0.3 is 14.8 Å². The van der Waals surface area contributed by atoms with Crippen LogP contribution in [-0.2, 0) is 28.4 Å². The van der Waals surface area contributed by atoms with Crippen molar-refractivity contribution >= 4 is 21.6 Å². The molecule has 152 valence electrons. The van der Waals surface area contributed by atoms with E-state index in [-0.39, 0.29) is 23.4 Å². The number of nitrogens with zero attached hydrogens (tertiary/aromatic N) is 4. The Morgan fingerprint density at radius 1 is 1.29 bits per heavy atom. The third kappa shape index (κ3) is 4.53. The lowest BCUT2D eigenvalue weighted by Crippen LogP contribution is -2.45. The van der Waals surface area contributed by atoms with Gasteiger partial charge in [0, 0.05) is 52.7 Å². The van der Waals surface area contributed by atoms with E-state index in [2.05, 4.69) is 10.3 Å². The fourth-order valence-electron chi connectivity index (χ4n) is 3.27. The maximum Gasteiger partial charge on any atom is 0.262 e. The van der Waals surface area contributed by atoms with Gasteiger partial charge in [0.25, 0.3) is 10.0 Å². The molecule has 0 saturated carbocycles. The Labute approximate surface area is 166 Å². The first-order valence-corrected chi connectivity index (χ1v) is 10.7. The highest BCUT2D eigenvalue weighted by atomic mass is 32.2. The number of anilines is 1. The average Bonchev–Trinajstić information content (AvgIpc) is 3.13. The molecule has 3 rings (SSSR count). The molecule has 1 saturated heterocycles. The van der Waals surface area contributed by atoms with Gasteiger partial charge >= 0.3 is 0 Å². The van der Waals surface area contributed by atoms with Gasteiger partial charge in [0.15, 0.2) is 5.03 Å². The van der Waals surface area contributed by atoms with Gasteiger partial charge in [-0.1, -0.05) is 12.1 Å². The summed E-state index contributed by atoms with van der Waals surface area (Å²) < 4.78 is 28.5. The van der Waals surface area contributed by atoms with Crippen molar-refractivity contribution in [3.8, 4) is 0 Å². The van der Waals surface area contributed by atoms with Crippen LogP contribution in [0, 0.1) is 5.92 Å². The number of rotatable bonds is 6. The summed E-state index contributed by atoms with van der Waals surface area (Å²) in [5.74, 6) is -0.467. The monoisotopic (exact) mass is 405 g/mol. The summed E-state index contributed by atoms with van der Waals surface area (Å²) in [5, 5.41) is 2.96. The summed E-state index contributed by atoms with van der Waals surface area (Å²) in [6.45, 7) is 1.02. The van der Waals surface area contributed by atoms with Gasteiger partial charge in [-0.2, -0.15) is 4.31 Å². The molecule has 8 nitrogen and oxygen atoms in total. The number of aromatic nitrogens is 2. The molecule has 1 aliphatic heterocycles. The van der Waals surface area contributed by atoms with Crippen LogP contribution in [0.1, 0.15) is 18.4 Å². The zero-order valence-electron chi connectivity index (χ0n) is 16.5. The van der Waals surface area contributed by atoms with Crippen molar-refractivity contribution in [1.82, 2.24) is 19.2 Å². The number of imidazole rings is 1. The molecule has 0 bridgehead atoms. The van der Waals surface area contributed by atoms with Gasteiger partial charge in [0.05, 0.1) is 12.2 Å². The molecule has 1 aromatic carbocycles. The molecule has 0 aliphatic carbocycles. The molecule has 0 radical (unpaired) electrons. The second kappa shape index (κ2) is 8.32. The highest BCUT2D eigenvalue weighted by molar-refractivity contribution is 7.89. The van der Waals surface area contributed by atoms with E-state index in [4.69, 9.17) is 0 Å². The normalized spacial score (nSPS) is 18.0. The highest BCUT2D eigenvalue weighted by Crippen LogP contribution is 2.23. The first-order valence-electron chi connectivity index (χ1n) is 9.29. The van der Waals surface area contributed by atoms with E-state index >= 15 is 0 Å². The van der Waals surface area contributed by atoms with Crippen LogP contribution in [-0.4, -0.2) is 55.4 Å². The van der Waals surface area contributed by atoms with Crippen molar-refractivity contribution in [3.05, 3.63) is 42.4 Å². The largest absolute Gasteiger partial charge is 0.378 e. The van der Waals surface area contributed by atoms with Crippen molar-refractivity contribution in [1.29, 1.82) is 0 Å².